The number of aromatic nitrogens is 3. The Morgan fingerprint density at radius 2 is 1.86 bits per heavy atom. The molecule has 11 heteroatoms. The van der Waals surface area contributed by atoms with Gasteiger partial charge in [-0.05, 0) is 19.1 Å². The summed E-state index contributed by atoms with van der Waals surface area (Å²) in [6, 6.07) is 9.36. The van der Waals surface area contributed by atoms with E-state index in [9.17, 15) is 4.79 Å². The number of hydrogen-bond donors (Lipinski definition) is 2. The van der Waals surface area contributed by atoms with Crippen LogP contribution in [0.2, 0.25) is 20.4 Å². The predicted molar refractivity (Wildman–Crippen MR) is 112 cm³/mol. The number of benzene rings is 1. The van der Waals surface area contributed by atoms with Gasteiger partial charge in [0, 0.05) is 0 Å². The Bertz CT molecular complexity index is 1080. The monoisotopic (exact) mass is 456 g/mol. The number of aryl methyl sites for hydroxylation is 1. The van der Waals surface area contributed by atoms with E-state index in [1.54, 1.807) is 11.6 Å². The molecule has 0 spiro atoms. The van der Waals surface area contributed by atoms with Crippen LogP contribution in [-0.2, 0) is 0 Å². The number of amides is 1. The fourth-order valence-electron chi connectivity index (χ4n) is 2.29. The Kier molecular flexibility index (Phi) is 6.10. The molecule has 0 saturated heterocycles. The lowest BCUT2D eigenvalue weighted by Gasteiger charge is -2.07. The van der Waals surface area contributed by atoms with E-state index < -0.39 is 5.91 Å². The van der Waals surface area contributed by atoms with Crippen molar-refractivity contribution in [2.24, 2.45) is 5.10 Å². The molecule has 2 aromatic heterocycles. The summed E-state index contributed by atoms with van der Waals surface area (Å²) >= 11 is 24.1. The number of rotatable bonds is 4. The Labute approximate surface area is 180 Å². The largest absolute Gasteiger partial charge is 0.396 e. The number of nitrogens with one attached hydrogen (secondary N) is 1. The van der Waals surface area contributed by atoms with Gasteiger partial charge >= 0.3 is 0 Å². The van der Waals surface area contributed by atoms with E-state index in [4.69, 9.17) is 52.1 Å². The Morgan fingerprint density at radius 3 is 2.54 bits per heavy atom. The van der Waals surface area contributed by atoms with Crippen molar-refractivity contribution in [2.45, 2.75) is 6.92 Å². The summed E-state index contributed by atoms with van der Waals surface area (Å²) in [5.74, 6) is -0.712. The van der Waals surface area contributed by atoms with E-state index >= 15 is 0 Å². The zero-order valence-electron chi connectivity index (χ0n) is 14.3. The normalized spacial score (nSPS) is 11.2. The van der Waals surface area contributed by atoms with Gasteiger partial charge in [0.2, 0.25) is 0 Å². The first kappa shape index (κ1) is 20.4. The number of nitrogens with zero attached hydrogens (tertiary/aromatic N) is 4. The van der Waals surface area contributed by atoms with Gasteiger partial charge in [-0.15, -0.1) is 0 Å². The van der Waals surface area contributed by atoms with Gasteiger partial charge in [0.1, 0.15) is 10.2 Å². The van der Waals surface area contributed by atoms with Crippen LogP contribution in [-0.4, -0.2) is 26.9 Å². The predicted octanol–water partition coefficient (Wildman–Crippen LogP) is 4.54. The average molecular weight is 458 g/mol. The van der Waals surface area contributed by atoms with Crippen LogP contribution in [0, 0.1) is 6.92 Å². The lowest BCUT2D eigenvalue weighted by molar-refractivity contribution is 0.0950. The first-order chi connectivity index (χ1) is 13.3. The molecule has 3 N–H and O–H groups in total. The summed E-state index contributed by atoms with van der Waals surface area (Å²) in [4.78, 5) is 16.1. The highest BCUT2D eigenvalue weighted by atomic mass is 35.5. The van der Waals surface area contributed by atoms with E-state index in [0.29, 0.717) is 16.4 Å². The fraction of sp³-hybridized carbons (Fsp3) is 0.0588. The molecular formula is C17H12Cl4N6O. The maximum atomic E-state index is 12.3. The molecule has 0 aliphatic rings. The summed E-state index contributed by atoms with van der Waals surface area (Å²) in [7, 11) is 0. The summed E-state index contributed by atoms with van der Waals surface area (Å²) in [5.41, 5.74) is 9.72. The van der Waals surface area contributed by atoms with Gasteiger partial charge in [0.15, 0.2) is 10.8 Å². The zero-order chi connectivity index (χ0) is 20.4. The van der Waals surface area contributed by atoms with Gasteiger partial charge < -0.3 is 5.73 Å². The van der Waals surface area contributed by atoms with Gasteiger partial charge in [0.25, 0.3) is 5.91 Å². The van der Waals surface area contributed by atoms with Crippen LogP contribution in [0.4, 0.5) is 5.69 Å². The maximum Gasteiger partial charge on any atom is 0.291 e. The first-order valence-corrected chi connectivity index (χ1v) is 9.26. The van der Waals surface area contributed by atoms with Crippen LogP contribution in [0.25, 0.3) is 5.69 Å². The van der Waals surface area contributed by atoms with Crippen molar-refractivity contribution >= 4 is 64.2 Å². The highest BCUT2D eigenvalue weighted by molar-refractivity contribution is 6.46. The van der Waals surface area contributed by atoms with Crippen molar-refractivity contribution in [2.75, 3.05) is 5.73 Å². The molecule has 7 nitrogen and oxygen atoms in total. The van der Waals surface area contributed by atoms with E-state index in [-0.39, 0.29) is 26.6 Å². The second-order valence-electron chi connectivity index (χ2n) is 5.53. The minimum atomic E-state index is -0.712. The molecule has 2 heterocycles. The topological polar surface area (TPSA) is 98.2 Å². The number of hydrogen-bond acceptors (Lipinski definition) is 5. The molecule has 144 valence electrons. The molecule has 0 aliphatic heterocycles. The summed E-state index contributed by atoms with van der Waals surface area (Å²) in [6.45, 7) is 1.77. The third kappa shape index (κ3) is 3.93. The number of anilines is 1. The summed E-state index contributed by atoms with van der Waals surface area (Å²) in [5, 5.41) is 8.34. The van der Waals surface area contributed by atoms with Crippen molar-refractivity contribution in [3.8, 4) is 5.69 Å². The van der Waals surface area contributed by atoms with Crippen molar-refractivity contribution in [3.63, 3.8) is 0 Å². The third-order valence-electron chi connectivity index (χ3n) is 3.70. The molecule has 0 unspecified atom stereocenters. The van der Waals surface area contributed by atoms with Gasteiger partial charge in [-0.25, -0.2) is 15.1 Å². The lowest BCUT2D eigenvalue weighted by Crippen LogP contribution is -2.20. The molecule has 0 saturated carbocycles. The number of carbonyl (C=O) groups excluding carboxylic acids is 1. The number of hydrazone groups is 1. The SMILES string of the molecule is Cc1nn(-c2ccccc2)c(Cl)c1/C=N/NC(=O)c1nc(Cl)c(Cl)c(N)c1Cl. The minimum absolute atomic E-state index is 0.0255. The quantitative estimate of drug-likeness (QED) is 0.341. The number of nitrogens with two attached hydrogens (primary N) is 1. The van der Waals surface area contributed by atoms with Crippen LogP contribution < -0.4 is 11.2 Å². The van der Waals surface area contributed by atoms with Gasteiger partial charge in [-0.3, -0.25) is 4.79 Å². The first-order valence-electron chi connectivity index (χ1n) is 7.75. The van der Waals surface area contributed by atoms with E-state index in [1.165, 1.54) is 6.21 Å². The minimum Gasteiger partial charge on any atom is -0.396 e. The van der Waals surface area contributed by atoms with E-state index in [2.05, 4.69) is 20.6 Å². The van der Waals surface area contributed by atoms with Crippen molar-refractivity contribution in [1.29, 1.82) is 0 Å². The smallest absolute Gasteiger partial charge is 0.291 e. The third-order valence-corrected chi connectivity index (χ3v) is 5.19. The van der Waals surface area contributed by atoms with E-state index in [0.717, 1.165) is 5.69 Å². The zero-order valence-corrected chi connectivity index (χ0v) is 17.3. The molecule has 0 radical (unpaired) electrons. The van der Waals surface area contributed by atoms with Crippen LogP contribution in [0.15, 0.2) is 35.4 Å². The number of para-hydroxylation sites is 1. The molecule has 1 aromatic carbocycles. The molecule has 28 heavy (non-hydrogen) atoms. The Hall–Kier alpha value is -2.32. The van der Waals surface area contributed by atoms with E-state index in [1.807, 2.05) is 30.3 Å². The Morgan fingerprint density at radius 1 is 1.18 bits per heavy atom. The molecule has 0 atom stereocenters. The van der Waals surface area contributed by atoms with Crippen LogP contribution in [0.1, 0.15) is 21.7 Å². The number of nitrogen functional groups attached to an aromatic ring is 1. The fourth-order valence-corrected chi connectivity index (χ4v) is 3.20. The molecule has 0 aliphatic carbocycles. The summed E-state index contributed by atoms with van der Waals surface area (Å²) < 4.78 is 1.57. The summed E-state index contributed by atoms with van der Waals surface area (Å²) in [6.07, 6.45) is 1.37. The van der Waals surface area contributed by atoms with Crippen molar-refractivity contribution in [1.82, 2.24) is 20.2 Å². The molecule has 0 bridgehead atoms. The average Bonchev–Trinajstić information content (AvgIpc) is 2.98. The lowest BCUT2D eigenvalue weighted by atomic mass is 10.3. The van der Waals surface area contributed by atoms with Crippen LogP contribution in [0.3, 0.4) is 0 Å². The highest BCUT2D eigenvalue weighted by Crippen LogP contribution is 2.34. The van der Waals surface area contributed by atoms with Crippen molar-refractivity contribution in [3.05, 3.63) is 67.6 Å². The second-order valence-corrected chi connectivity index (χ2v) is 7.00. The Balaban J connectivity index is 1.83. The molecule has 0 fully saturated rings. The maximum absolute atomic E-state index is 12.3. The van der Waals surface area contributed by atoms with Gasteiger partial charge in [-0.2, -0.15) is 10.2 Å². The second kappa shape index (κ2) is 8.36. The number of halogens is 4. The molecule has 3 rings (SSSR count). The van der Waals surface area contributed by atoms with Gasteiger partial charge in [0.05, 0.1) is 33.9 Å². The molecule has 3 aromatic rings. The number of carbonyl (C=O) groups is 1. The molecular weight excluding hydrogens is 446 g/mol. The van der Waals surface area contributed by atoms with Crippen LogP contribution in [0.5, 0.6) is 0 Å². The standard InChI is InChI=1S/C17H12Cl4N6O/c1-8-10(16(21)27(26-8)9-5-3-2-4-6-9)7-23-25-17(28)14-11(18)13(22)12(19)15(20)24-14/h2-7H,1H3,(H2,22,24)(H,25,28)/b23-7+. The van der Waals surface area contributed by atoms with Crippen molar-refractivity contribution < 1.29 is 4.79 Å². The van der Waals surface area contributed by atoms with Crippen LogP contribution >= 0.6 is 46.4 Å². The highest BCUT2D eigenvalue weighted by Gasteiger charge is 2.19. The van der Waals surface area contributed by atoms with Gasteiger partial charge in [-0.1, -0.05) is 64.6 Å². The number of pyridine rings is 1. The molecule has 1 amide bonds.